The molecule has 0 aliphatic rings. The molecule has 0 atom stereocenters. The summed E-state index contributed by atoms with van der Waals surface area (Å²) < 4.78 is 1.39. The summed E-state index contributed by atoms with van der Waals surface area (Å²) in [5.74, 6) is -0.459. The van der Waals surface area contributed by atoms with Crippen molar-refractivity contribution in [2.75, 3.05) is 14.1 Å². The Balaban J connectivity index is 2.45. The summed E-state index contributed by atoms with van der Waals surface area (Å²) in [5, 5.41) is 0.116. The minimum absolute atomic E-state index is 0.116. The molecule has 0 saturated heterocycles. The van der Waals surface area contributed by atoms with Crippen LogP contribution in [0.2, 0.25) is 5.15 Å². The topological polar surface area (TPSA) is 55.2 Å². The summed E-state index contributed by atoms with van der Waals surface area (Å²) >= 11 is 5.90. The Morgan fingerprint density at radius 3 is 2.55 bits per heavy atom. The molecule has 0 saturated carbocycles. The second kappa shape index (κ2) is 5.88. The molecular weight excluding hydrogens is 278 g/mol. The van der Waals surface area contributed by atoms with Crippen molar-refractivity contribution in [3.05, 3.63) is 63.3 Å². The largest absolute Gasteiger partial charge is 0.343 e. The number of halogens is 1. The van der Waals surface area contributed by atoms with Crippen molar-refractivity contribution in [3.8, 4) is 0 Å². The molecule has 2 aromatic rings. The van der Waals surface area contributed by atoms with Crippen LogP contribution in [0.15, 0.2) is 41.3 Å². The number of carbonyl (C=O) groups is 1. The van der Waals surface area contributed by atoms with Gasteiger partial charge in [-0.2, -0.15) is 0 Å². The molecular formula is C14H14ClN3O2. The molecule has 2 rings (SSSR count). The molecule has 0 N–H and O–H groups in total. The van der Waals surface area contributed by atoms with E-state index in [4.69, 9.17) is 11.6 Å². The van der Waals surface area contributed by atoms with E-state index in [1.165, 1.54) is 15.7 Å². The van der Waals surface area contributed by atoms with E-state index in [0.717, 1.165) is 5.56 Å². The first kappa shape index (κ1) is 14.3. The van der Waals surface area contributed by atoms with Gasteiger partial charge in [0.25, 0.3) is 11.5 Å². The summed E-state index contributed by atoms with van der Waals surface area (Å²) in [6, 6.07) is 9.46. The van der Waals surface area contributed by atoms with E-state index in [1.807, 2.05) is 30.3 Å². The van der Waals surface area contributed by atoms with Crippen LogP contribution in [0.5, 0.6) is 0 Å². The first-order valence-corrected chi connectivity index (χ1v) is 6.39. The van der Waals surface area contributed by atoms with E-state index in [9.17, 15) is 9.59 Å². The van der Waals surface area contributed by atoms with Crippen molar-refractivity contribution in [1.82, 2.24) is 14.5 Å². The molecule has 1 aromatic carbocycles. The highest BCUT2D eigenvalue weighted by molar-refractivity contribution is 6.29. The van der Waals surface area contributed by atoms with Crippen LogP contribution in [0.25, 0.3) is 0 Å². The van der Waals surface area contributed by atoms with Gasteiger partial charge in [-0.05, 0) is 5.56 Å². The van der Waals surface area contributed by atoms with Gasteiger partial charge in [-0.1, -0.05) is 41.9 Å². The highest BCUT2D eigenvalue weighted by atomic mass is 35.5. The number of carbonyl (C=O) groups excluding carboxylic acids is 1. The molecule has 0 spiro atoms. The van der Waals surface area contributed by atoms with E-state index in [2.05, 4.69) is 4.98 Å². The molecule has 20 heavy (non-hydrogen) atoms. The Bertz CT molecular complexity index is 681. The molecule has 0 unspecified atom stereocenters. The van der Waals surface area contributed by atoms with Gasteiger partial charge in [0, 0.05) is 20.3 Å². The van der Waals surface area contributed by atoms with Gasteiger partial charge in [0.1, 0.15) is 5.15 Å². The smallest absolute Gasteiger partial charge is 0.282 e. The van der Waals surface area contributed by atoms with Crippen molar-refractivity contribution < 1.29 is 4.79 Å². The lowest BCUT2D eigenvalue weighted by atomic mass is 10.2. The predicted octanol–water partition coefficient (Wildman–Crippen LogP) is 1.65. The number of hydrogen-bond acceptors (Lipinski definition) is 3. The first-order valence-electron chi connectivity index (χ1n) is 6.01. The van der Waals surface area contributed by atoms with Gasteiger partial charge in [0.05, 0.1) is 6.54 Å². The monoisotopic (exact) mass is 291 g/mol. The van der Waals surface area contributed by atoms with Gasteiger partial charge in [0.2, 0.25) is 0 Å². The number of benzene rings is 1. The van der Waals surface area contributed by atoms with Gasteiger partial charge in [-0.15, -0.1) is 0 Å². The quantitative estimate of drug-likeness (QED) is 0.864. The van der Waals surface area contributed by atoms with Gasteiger partial charge >= 0.3 is 0 Å². The van der Waals surface area contributed by atoms with Crippen LogP contribution in [0.4, 0.5) is 0 Å². The fourth-order valence-corrected chi connectivity index (χ4v) is 1.96. The number of nitrogens with zero attached hydrogens (tertiary/aromatic N) is 3. The number of amides is 1. The lowest BCUT2D eigenvalue weighted by Gasteiger charge is -2.12. The Morgan fingerprint density at radius 2 is 1.95 bits per heavy atom. The van der Waals surface area contributed by atoms with Crippen molar-refractivity contribution >= 4 is 17.5 Å². The number of aromatic nitrogens is 2. The lowest BCUT2D eigenvalue weighted by molar-refractivity contribution is 0.0819. The van der Waals surface area contributed by atoms with E-state index < -0.39 is 11.5 Å². The summed E-state index contributed by atoms with van der Waals surface area (Å²) in [7, 11) is 3.12. The van der Waals surface area contributed by atoms with Gasteiger partial charge in [-0.3, -0.25) is 9.59 Å². The van der Waals surface area contributed by atoms with Gasteiger partial charge < -0.3 is 9.47 Å². The maximum Gasteiger partial charge on any atom is 0.282 e. The maximum atomic E-state index is 12.3. The SMILES string of the molecule is CN(C)C(=O)c1nc(Cl)cn(Cc2ccccc2)c1=O. The standard InChI is InChI=1S/C14H14ClN3O2/c1-17(2)13(19)12-14(20)18(9-11(15)16-12)8-10-6-4-3-5-7-10/h3-7,9H,8H2,1-2H3. The molecule has 104 valence electrons. The minimum Gasteiger partial charge on any atom is -0.343 e. The fraction of sp³-hybridized carbons (Fsp3) is 0.214. The zero-order valence-corrected chi connectivity index (χ0v) is 12.0. The summed E-state index contributed by atoms with van der Waals surface area (Å²) in [6.07, 6.45) is 1.43. The van der Waals surface area contributed by atoms with Crippen LogP contribution >= 0.6 is 11.6 Å². The van der Waals surface area contributed by atoms with Crippen LogP contribution in [0, 0.1) is 0 Å². The van der Waals surface area contributed by atoms with Crippen molar-refractivity contribution in [1.29, 1.82) is 0 Å². The van der Waals surface area contributed by atoms with Gasteiger partial charge in [-0.25, -0.2) is 4.98 Å². The Morgan fingerprint density at radius 1 is 1.30 bits per heavy atom. The average Bonchev–Trinajstić information content (AvgIpc) is 2.42. The van der Waals surface area contributed by atoms with Crippen LogP contribution in [-0.4, -0.2) is 34.5 Å². The van der Waals surface area contributed by atoms with Crippen LogP contribution < -0.4 is 5.56 Å². The second-order valence-electron chi connectivity index (χ2n) is 4.53. The third-order valence-corrected chi connectivity index (χ3v) is 2.93. The zero-order valence-electron chi connectivity index (χ0n) is 11.2. The lowest BCUT2D eigenvalue weighted by Crippen LogP contribution is -2.34. The molecule has 0 aliphatic carbocycles. The predicted molar refractivity (Wildman–Crippen MR) is 77.1 cm³/mol. The van der Waals surface area contributed by atoms with Crippen molar-refractivity contribution in [2.45, 2.75) is 6.54 Å². The molecule has 0 fully saturated rings. The van der Waals surface area contributed by atoms with E-state index in [-0.39, 0.29) is 10.8 Å². The molecule has 1 heterocycles. The number of rotatable bonds is 3. The molecule has 0 radical (unpaired) electrons. The first-order chi connectivity index (χ1) is 9.49. The Kier molecular flexibility index (Phi) is 4.20. The van der Waals surface area contributed by atoms with Gasteiger partial charge in [0.15, 0.2) is 5.69 Å². The minimum atomic E-state index is -0.459. The molecule has 1 amide bonds. The Hall–Kier alpha value is -2.14. The molecule has 5 nitrogen and oxygen atoms in total. The molecule has 1 aromatic heterocycles. The average molecular weight is 292 g/mol. The molecule has 0 bridgehead atoms. The summed E-state index contributed by atoms with van der Waals surface area (Å²) in [4.78, 5) is 29.3. The van der Waals surface area contributed by atoms with Crippen LogP contribution in [0.3, 0.4) is 0 Å². The third kappa shape index (κ3) is 3.05. The van der Waals surface area contributed by atoms with E-state index >= 15 is 0 Å². The number of hydrogen-bond donors (Lipinski definition) is 0. The zero-order chi connectivity index (χ0) is 14.7. The third-order valence-electron chi connectivity index (χ3n) is 2.75. The van der Waals surface area contributed by atoms with E-state index in [1.54, 1.807) is 14.1 Å². The molecule has 0 aliphatic heterocycles. The van der Waals surface area contributed by atoms with Crippen LogP contribution in [-0.2, 0) is 6.54 Å². The molecule has 6 heteroatoms. The van der Waals surface area contributed by atoms with Crippen LogP contribution in [0.1, 0.15) is 16.1 Å². The highest BCUT2D eigenvalue weighted by Crippen LogP contribution is 2.06. The van der Waals surface area contributed by atoms with Crippen molar-refractivity contribution in [3.63, 3.8) is 0 Å². The second-order valence-corrected chi connectivity index (χ2v) is 4.92. The summed E-state index contributed by atoms with van der Waals surface area (Å²) in [5.41, 5.74) is 0.329. The maximum absolute atomic E-state index is 12.3. The Labute approximate surface area is 121 Å². The highest BCUT2D eigenvalue weighted by Gasteiger charge is 2.17. The van der Waals surface area contributed by atoms with E-state index in [0.29, 0.717) is 6.54 Å². The fourth-order valence-electron chi connectivity index (χ4n) is 1.76. The van der Waals surface area contributed by atoms with Crippen molar-refractivity contribution in [2.24, 2.45) is 0 Å². The summed E-state index contributed by atoms with van der Waals surface area (Å²) in [6.45, 7) is 0.343. The normalized spacial score (nSPS) is 10.3.